The van der Waals surface area contributed by atoms with Crippen molar-refractivity contribution in [2.24, 2.45) is 0 Å². The Labute approximate surface area is 180 Å². The zero-order valence-corrected chi connectivity index (χ0v) is 17.5. The van der Waals surface area contributed by atoms with Crippen LogP contribution in [0.2, 0.25) is 5.02 Å². The molecular formula is C23H23ClN2O4. The molecule has 0 fully saturated rings. The number of para-hydroxylation sites is 1. The molecular weight excluding hydrogens is 404 g/mol. The van der Waals surface area contributed by atoms with Crippen molar-refractivity contribution < 1.29 is 19.0 Å². The summed E-state index contributed by atoms with van der Waals surface area (Å²) in [5.41, 5.74) is 2.53. The molecule has 3 rings (SSSR count). The lowest BCUT2D eigenvalue weighted by Gasteiger charge is -2.13. The van der Waals surface area contributed by atoms with Crippen molar-refractivity contribution in [3.05, 3.63) is 77.3 Å². The first-order valence-electron chi connectivity index (χ1n) is 9.31. The molecule has 0 aliphatic heterocycles. The van der Waals surface area contributed by atoms with E-state index in [2.05, 4.69) is 10.6 Å². The van der Waals surface area contributed by atoms with Crippen molar-refractivity contribution in [1.82, 2.24) is 0 Å². The summed E-state index contributed by atoms with van der Waals surface area (Å²) in [7, 11) is 3.20. The molecule has 0 atom stereocenters. The van der Waals surface area contributed by atoms with Gasteiger partial charge in [-0.15, -0.1) is 0 Å². The summed E-state index contributed by atoms with van der Waals surface area (Å²) in [6.07, 6.45) is 0. The molecule has 156 valence electrons. The standard InChI is InChI=1S/C23H23ClN2O4/c1-28-18-10-8-17(9-11-18)25-14-16-7-12-21(22(13-16)29-2)30-15-23(27)26-20-6-4-3-5-19(20)24/h3-13,25H,14-15H2,1-2H3,(H,26,27). The SMILES string of the molecule is COc1ccc(NCc2ccc(OCC(=O)Nc3ccccc3Cl)c(OC)c2)cc1. The van der Waals surface area contributed by atoms with E-state index in [4.69, 9.17) is 25.8 Å². The van der Waals surface area contributed by atoms with E-state index >= 15 is 0 Å². The number of methoxy groups -OCH3 is 2. The maximum Gasteiger partial charge on any atom is 0.262 e. The normalized spacial score (nSPS) is 10.2. The zero-order chi connectivity index (χ0) is 21.3. The number of anilines is 2. The van der Waals surface area contributed by atoms with Gasteiger partial charge in [-0.25, -0.2) is 0 Å². The molecule has 1 amide bonds. The lowest BCUT2D eigenvalue weighted by atomic mass is 10.2. The van der Waals surface area contributed by atoms with Crippen molar-refractivity contribution in [3.63, 3.8) is 0 Å². The molecule has 3 aromatic carbocycles. The average Bonchev–Trinajstić information content (AvgIpc) is 2.78. The van der Waals surface area contributed by atoms with Crippen molar-refractivity contribution in [2.45, 2.75) is 6.54 Å². The van der Waals surface area contributed by atoms with Gasteiger partial charge < -0.3 is 24.8 Å². The second kappa shape index (κ2) is 10.4. The summed E-state index contributed by atoms with van der Waals surface area (Å²) in [6, 6.07) is 20.3. The van der Waals surface area contributed by atoms with Crippen molar-refractivity contribution in [3.8, 4) is 17.2 Å². The minimum absolute atomic E-state index is 0.162. The minimum Gasteiger partial charge on any atom is -0.497 e. The van der Waals surface area contributed by atoms with Crippen LogP contribution in [0.4, 0.5) is 11.4 Å². The van der Waals surface area contributed by atoms with Gasteiger partial charge in [0.1, 0.15) is 5.75 Å². The van der Waals surface area contributed by atoms with Gasteiger partial charge in [0.2, 0.25) is 0 Å². The Morgan fingerprint density at radius 2 is 1.70 bits per heavy atom. The molecule has 0 aliphatic carbocycles. The molecule has 6 nitrogen and oxygen atoms in total. The van der Waals surface area contributed by atoms with Gasteiger partial charge in [-0.1, -0.05) is 29.8 Å². The van der Waals surface area contributed by atoms with Crippen LogP contribution in [0.3, 0.4) is 0 Å². The topological polar surface area (TPSA) is 68.8 Å². The molecule has 7 heteroatoms. The Bertz CT molecular complexity index is 993. The van der Waals surface area contributed by atoms with Gasteiger partial charge in [-0.2, -0.15) is 0 Å². The van der Waals surface area contributed by atoms with Crippen LogP contribution in [-0.4, -0.2) is 26.7 Å². The molecule has 0 spiro atoms. The molecule has 0 bridgehead atoms. The summed E-state index contributed by atoms with van der Waals surface area (Å²) in [5.74, 6) is 1.53. The van der Waals surface area contributed by atoms with Crippen LogP contribution in [0.25, 0.3) is 0 Å². The highest BCUT2D eigenvalue weighted by Crippen LogP contribution is 2.29. The van der Waals surface area contributed by atoms with E-state index in [-0.39, 0.29) is 12.5 Å². The Hall–Kier alpha value is -3.38. The minimum atomic E-state index is -0.310. The molecule has 0 unspecified atom stereocenters. The number of ether oxygens (including phenoxy) is 3. The van der Waals surface area contributed by atoms with E-state index in [1.54, 1.807) is 44.6 Å². The van der Waals surface area contributed by atoms with E-state index < -0.39 is 0 Å². The molecule has 3 aromatic rings. The Kier molecular flexibility index (Phi) is 7.40. The largest absolute Gasteiger partial charge is 0.497 e. The Morgan fingerprint density at radius 1 is 0.933 bits per heavy atom. The van der Waals surface area contributed by atoms with Crippen molar-refractivity contribution >= 4 is 28.9 Å². The van der Waals surface area contributed by atoms with E-state index in [9.17, 15) is 4.79 Å². The fourth-order valence-electron chi connectivity index (χ4n) is 2.75. The molecule has 0 heterocycles. The number of hydrogen-bond donors (Lipinski definition) is 2. The maximum atomic E-state index is 12.2. The second-order valence-corrected chi connectivity index (χ2v) is 6.79. The summed E-state index contributed by atoms with van der Waals surface area (Å²) in [4.78, 5) is 12.2. The third-order valence-electron chi connectivity index (χ3n) is 4.32. The number of halogens is 1. The van der Waals surface area contributed by atoms with Crippen molar-refractivity contribution in [1.29, 1.82) is 0 Å². The first kappa shape index (κ1) is 21.3. The summed E-state index contributed by atoms with van der Waals surface area (Å²) < 4.78 is 16.2. The van der Waals surface area contributed by atoms with Gasteiger partial charge in [-0.3, -0.25) is 4.79 Å². The first-order valence-corrected chi connectivity index (χ1v) is 9.69. The predicted molar refractivity (Wildman–Crippen MR) is 119 cm³/mol. The highest BCUT2D eigenvalue weighted by atomic mass is 35.5. The van der Waals surface area contributed by atoms with E-state index in [1.165, 1.54) is 0 Å². The van der Waals surface area contributed by atoms with Gasteiger partial charge in [0.05, 0.1) is 24.9 Å². The molecule has 30 heavy (non-hydrogen) atoms. The van der Waals surface area contributed by atoms with Crippen LogP contribution >= 0.6 is 11.6 Å². The second-order valence-electron chi connectivity index (χ2n) is 6.38. The van der Waals surface area contributed by atoms with Gasteiger partial charge in [-0.05, 0) is 54.1 Å². The zero-order valence-electron chi connectivity index (χ0n) is 16.8. The summed E-state index contributed by atoms with van der Waals surface area (Å²) in [5, 5.41) is 6.53. The molecule has 0 aromatic heterocycles. The van der Waals surface area contributed by atoms with Crippen LogP contribution in [0.5, 0.6) is 17.2 Å². The number of carbonyl (C=O) groups excluding carboxylic acids is 1. The van der Waals surface area contributed by atoms with E-state index in [0.717, 1.165) is 17.0 Å². The van der Waals surface area contributed by atoms with Gasteiger partial charge in [0.25, 0.3) is 5.91 Å². The quantitative estimate of drug-likeness (QED) is 0.504. The Balaban J connectivity index is 1.56. The van der Waals surface area contributed by atoms with Crippen LogP contribution in [0.1, 0.15) is 5.56 Å². The van der Waals surface area contributed by atoms with Gasteiger partial charge in [0, 0.05) is 12.2 Å². The molecule has 0 saturated carbocycles. The lowest BCUT2D eigenvalue weighted by Crippen LogP contribution is -2.20. The third kappa shape index (κ3) is 5.81. The fraction of sp³-hybridized carbons (Fsp3) is 0.174. The summed E-state index contributed by atoms with van der Waals surface area (Å²) >= 11 is 6.05. The highest BCUT2D eigenvalue weighted by molar-refractivity contribution is 6.33. The number of benzene rings is 3. The maximum absolute atomic E-state index is 12.2. The monoisotopic (exact) mass is 426 g/mol. The third-order valence-corrected chi connectivity index (χ3v) is 4.65. The summed E-state index contributed by atoms with van der Waals surface area (Å²) in [6.45, 7) is 0.445. The predicted octanol–water partition coefficient (Wildman–Crippen LogP) is 4.99. The number of nitrogens with one attached hydrogen (secondary N) is 2. The lowest BCUT2D eigenvalue weighted by molar-refractivity contribution is -0.118. The van der Waals surface area contributed by atoms with Crippen molar-refractivity contribution in [2.75, 3.05) is 31.5 Å². The first-order chi connectivity index (χ1) is 14.6. The van der Waals surface area contributed by atoms with E-state index in [0.29, 0.717) is 28.8 Å². The molecule has 0 radical (unpaired) electrons. The van der Waals surface area contributed by atoms with Crippen LogP contribution < -0.4 is 24.8 Å². The van der Waals surface area contributed by atoms with E-state index in [1.807, 2.05) is 36.4 Å². The van der Waals surface area contributed by atoms with Gasteiger partial charge in [0.15, 0.2) is 18.1 Å². The number of rotatable bonds is 9. The average molecular weight is 427 g/mol. The number of carbonyl (C=O) groups is 1. The van der Waals surface area contributed by atoms with Crippen LogP contribution in [-0.2, 0) is 11.3 Å². The number of hydrogen-bond acceptors (Lipinski definition) is 5. The number of amides is 1. The molecule has 2 N–H and O–H groups in total. The smallest absolute Gasteiger partial charge is 0.262 e. The molecule has 0 aliphatic rings. The fourth-order valence-corrected chi connectivity index (χ4v) is 2.93. The van der Waals surface area contributed by atoms with Crippen LogP contribution in [0.15, 0.2) is 66.7 Å². The van der Waals surface area contributed by atoms with Gasteiger partial charge >= 0.3 is 0 Å². The molecule has 0 saturated heterocycles. The highest BCUT2D eigenvalue weighted by Gasteiger charge is 2.10. The van der Waals surface area contributed by atoms with Crippen LogP contribution in [0, 0.1) is 0 Å². The Morgan fingerprint density at radius 3 is 2.40 bits per heavy atom.